The molecule has 1 aromatic rings. The second-order valence-electron chi connectivity index (χ2n) is 2.50. The van der Waals surface area contributed by atoms with Gasteiger partial charge in [-0.05, 0) is 25.1 Å². The molecule has 0 N–H and O–H groups in total. The van der Waals surface area contributed by atoms with Gasteiger partial charge >= 0.3 is 6.09 Å². The Bertz CT molecular complexity index is 394. The zero-order chi connectivity index (χ0) is 11.3. The standard InChI is InChI=1S/C9H8Cl2N2O2/c1-2-15-9(14)13-12-6-3-4-7(10)8(11)5-6/h3-5H,2H2,1H3. The number of hydrogen-bond acceptors (Lipinski definition) is 3. The van der Waals surface area contributed by atoms with Gasteiger partial charge in [0, 0.05) is 0 Å². The van der Waals surface area contributed by atoms with E-state index in [-0.39, 0.29) is 6.61 Å². The quantitative estimate of drug-likeness (QED) is 0.734. The van der Waals surface area contributed by atoms with Gasteiger partial charge in [-0.15, -0.1) is 5.11 Å². The maximum atomic E-state index is 10.8. The zero-order valence-corrected chi connectivity index (χ0v) is 9.42. The Balaban J connectivity index is 2.72. The number of benzene rings is 1. The molecule has 0 radical (unpaired) electrons. The largest absolute Gasteiger partial charge is 0.452 e. The lowest BCUT2D eigenvalue weighted by atomic mass is 10.3. The summed E-state index contributed by atoms with van der Waals surface area (Å²) in [4.78, 5) is 10.8. The predicted molar refractivity (Wildman–Crippen MR) is 58.0 cm³/mol. The van der Waals surface area contributed by atoms with Crippen LogP contribution in [0.15, 0.2) is 28.4 Å². The van der Waals surface area contributed by atoms with Gasteiger partial charge in [-0.3, -0.25) is 0 Å². The highest BCUT2D eigenvalue weighted by Gasteiger charge is 2.00. The number of rotatable bonds is 2. The molecule has 80 valence electrons. The van der Waals surface area contributed by atoms with Crippen molar-refractivity contribution in [3.8, 4) is 0 Å². The average molecular weight is 247 g/mol. The summed E-state index contributed by atoms with van der Waals surface area (Å²) in [5.74, 6) is 0. The van der Waals surface area contributed by atoms with E-state index >= 15 is 0 Å². The van der Waals surface area contributed by atoms with Crippen molar-refractivity contribution in [3.05, 3.63) is 28.2 Å². The molecule has 0 bridgehead atoms. The van der Waals surface area contributed by atoms with Crippen LogP contribution in [0.25, 0.3) is 0 Å². The van der Waals surface area contributed by atoms with Crippen molar-refractivity contribution in [2.24, 2.45) is 10.2 Å². The maximum absolute atomic E-state index is 10.8. The summed E-state index contributed by atoms with van der Waals surface area (Å²) in [7, 11) is 0. The first-order valence-corrected chi connectivity index (χ1v) is 4.92. The van der Waals surface area contributed by atoms with Gasteiger partial charge in [0.05, 0.1) is 22.3 Å². The number of hydrogen-bond donors (Lipinski definition) is 0. The third-order valence-electron chi connectivity index (χ3n) is 1.42. The molecular weight excluding hydrogens is 239 g/mol. The fraction of sp³-hybridized carbons (Fsp3) is 0.222. The van der Waals surface area contributed by atoms with Crippen LogP contribution in [-0.4, -0.2) is 12.7 Å². The number of azo groups is 1. The molecule has 0 aliphatic heterocycles. The van der Waals surface area contributed by atoms with E-state index in [1.165, 1.54) is 6.07 Å². The predicted octanol–water partition coefficient (Wildman–Crippen LogP) is 4.23. The third kappa shape index (κ3) is 3.85. The van der Waals surface area contributed by atoms with Crippen LogP contribution >= 0.6 is 23.2 Å². The Morgan fingerprint density at radius 2 is 2.13 bits per heavy atom. The molecule has 1 aromatic carbocycles. The van der Waals surface area contributed by atoms with E-state index in [2.05, 4.69) is 15.0 Å². The summed E-state index contributed by atoms with van der Waals surface area (Å²) in [6.45, 7) is 1.95. The van der Waals surface area contributed by atoms with Gasteiger partial charge in [0.2, 0.25) is 0 Å². The molecule has 0 heterocycles. The van der Waals surface area contributed by atoms with Gasteiger partial charge in [-0.25, -0.2) is 4.79 Å². The van der Waals surface area contributed by atoms with Crippen molar-refractivity contribution in [2.45, 2.75) is 6.92 Å². The van der Waals surface area contributed by atoms with Gasteiger partial charge in [0.15, 0.2) is 0 Å². The molecule has 0 saturated carbocycles. The molecule has 0 fully saturated rings. The summed E-state index contributed by atoms with van der Waals surface area (Å²) in [6.07, 6.45) is -0.733. The first kappa shape index (κ1) is 11.9. The summed E-state index contributed by atoms with van der Waals surface area (Å²) < 4.78 is 4.56. The SMILES string of the molecule is CCOC(=O)N=Nc1ccc(Cl)c(Cl)c1. The molecule has 0 aliphatic rings. The summed E-state index contributed by atoms with van der Waals surface area (Å²) in [5, 5.41) is 7.73. The highest BCUT2D eigenvalue weighted by atomic mass is 35.5. The smallest absolute Gasteiger partial charge is 0.447 e. The monoisotopic (exact) mass is 246 g/mol. The highest BCUT2D eigenvalue weighted by Crippen LogP contribution is 2.26. The fourth-order valence-corrected chi connectivity index (χ4v) is 1.09. The van der Waals surface area contributed by atoms with Crippen LogP contribution in [0.3, 0.4) is 0 Å². The Morgan fingerprint density at radius 3 is 2.73 bits per heavy atom. The van der Waals surface area contributed by atoms with Crippen LogP contribution in [0.5, 0.6) is 0 Å². The average Bonchev–Trinajstić information content (AvgIpc) is 2.20. The van der Waals surface area contributed by atoms with Crippen molar-refractivity contribution >= 4 is 35.0 Å². The topological polar surface area (TPSA) is 51.0 Å². The normalized spacial score (nSPS) is 10.6. The lowest BCUT2D eigenvalue weighted by molar-refractivity contribution is 0.162. The van der Waals surface area contributed by atoms with Crippen molar-refractivity contribution < 1.29 is 9.53 Å². The first-order valence-electron chi connectivity index (χ1n) is 4.17. The van der Waals surface area contributed by atoms with E-state index in [0.717, 1.165) is 0 Å². The molecular formula is C9H8Cl2N2O2. The van der Waals surface area contributed by atoms with Crippen LogP contribution in [0.4, 0.5) is 10.5 Å². The number of carbonyl (C=O) groups excluding carboxylic acids is 1. The number of nitrogens with zero attached hydrogens (tertiary/aromatic N) is 2. The van der Waals surface area contributed by atoms with E-state index < -0.39 is 6.09 Å². The molecule has 4 nitrogen and oxygen atoms in total. The lowest BCUT2D eigenvalue weighted by Crippen LogP contribution is -1.95. The summed E-state index contributed by atoms with van der Waals surface area (Å²) in [6, 6.07) is 4.67. The number of amides is 1. The van der Waals surface area contributed by atoms with Gasteiger partial charge in [0.1, 0.15) is 0 Å². The first-order chi connectivity index (χ1) is 7.13. The van der Waals surface area contributed by atoms with Crippen molar-refractivity contribution in [1.29, 1.82) is 0 Å². The van der Waals surface area contributed by atoms with Crippen LogP contribution in [0.1, 0.15) is 6.92 Å². The van der Waals surface area contributed by atoms with Gasteiger partial charge in [-0.1, -0.05) is 28.3 Å². The van der Waals surface area contributed by atoms with E-state index in [1.807, 2.05) is 0 Å². The van der Waals surface area contributed by atoms with E-state index in [4.69, 9.17) is 23.2 Å². The minimum absolute atomic E-state index is 0.263. The zero-order valence-electron chi connectivity index (χ0n) is 7.91. The number of carbonyl (C=O) groups is 1. The minimum atomic E-state index is -0.733. The molecule has 15 heavy (non-hydrogen) atoms. The second-order valence-corrected chi connectivity index (χ2v) is 3.31. The van der Waals surface area contributed by atoms with Gasteiger partial charge in [-0.2, -0.15) is 0 Å². The summed E-state index contributed by atoms with van der Waals surface area (Å²) in [5.41, 5.74) is 0.442. The van der Waals surface area contributed by atoms with E-state index in [0.29, 0.717) is 15.7 Å². The molecule has 0 saturated heterocycles. The highest BCUT2D eigenvalue weighted by molar-refractivity contribution is 6.42. The van der Waals surface area contributed by atoms with Crippen molar-refractivity contribution in [1.82, 2.24) is 0 Å². The fourth-order valence-electron chi connectivity index (χ4n) is 0.798. The van der Waals surface area contributed by atoms with Crippen LogP contribution in [0.2, 0.25) is 10.0 Å². The summed E-state index contributed by atoms with van der Waals surface area (Å²) >= 11 is 11.4. The molecule has 0 aromatic heterocycles. The number of halogens is 2. The Hall–Kier alpha value is -1.13. The van der Waals surface area contributed by atoms with E-state index in [1.54, 1.807) is 19.1 Å². The Kier molecular flexibility index (Phi) is 4.52. The van der Waals surface area contributed by atoms with E-state index in [9.17, 15) is 4.79 Å². The second kappa shape index (κ2) is 5.68. The maximum Gasteiger partial charge on any atom is 0.452 e. The molecule has 0 unspecified atom stereocenters. The lowest BCUT2D eigenvalue weighted by Gasteiger charge is -1.96. The molecule has 1 rings (SSSR count). The Morgan fingerprint density at radius 1 is 1.40 bits per heavy atom. The van der Waals surface area contributed by atoms with Crippen molar-refractivity contribution in [2.75, 3.05) is 6.61 Å². The van der Waals surface area contributed by atoms with Crippen LogP contribution < -0.4 is 0 Å². The Labute approximate surface area is 96.9 Å². The van der Waals surface area contributed by atoms with Crippen molar-refractivity contribution in [3.63, 3.8) is 0 Å². The number of ether oxygens (including phenoxy) is 1. The minimum Gasteiger partial charge on any atom is -0.447 e. The van der Waals surface area contributed by atoms with Gasteiger partial charge < -0.3 is 4.74 Å². The van der Waals surface area contributed by atoms with Crippen LogP contribution in [0, 0.1) is 0 Å². The molecule has 0 aliphatic carbocycles. The molecule has 0 atom stereocenters. The van der Waals surface area contributed by atoms with Crippen LogP contribution in [-0.2, 0) is 4.74 Å². The molecule has 0 spiro atoms. The molecule has 6 heteroatoms. The third-order valence-corrected chi connectivity index (χ3v) is 2.16. The molecule has 1 amide bonds. The van der Waals surface area contributed by atoms with Gasteiger partial charge in [0.25, 0.3) is 0 Å².